The molecule has 44 heavy (non-hydrogen) atoms. The molecule has 0 unspecified atom stereocenters. The third-order valence-corrected chi connectivity index (χ3v) is 8.37. The number of nitrogens with two attached hydrogens (primary N) is 3. The van der Waals surface area contributed by atoms with Gasteiger partial charge < -0.3 is 82.7 Å². The van der Waals surface area contributed by atoms with Crippen LogP contribution >= 0.6 is 0 Å². The number of ether oxygens (including phenoxy) is 4. The topological polar surface area (TPSA) is 290 Å². The fourth-order valence-electron chi connectivity index (χ4n) is 5.88. The van der Waals surface area contributed by atoms with Gasteiger partial charge in [-0.1, -0.05) is 0 Å². The molecular weight excluding hydrogens is 584 g/mol. The fraction of sp³-hybridized carbons (Fsp3) is 0.963. The summed E-state index contributed by atoms with van der Waals surface area (Å²) in [5.74, 6) is -0.972. The van der Waals surface area contributed by atoms with E-state index in [4.69, 9.17) is 36.1 Å². The zero-order chi connectivity index (χ0) is 33.0. The van der Waals surface area contributed by atoms with Gasteiger partial charge in [0, 0.05) is 25.7 Å². The van der Waals surface area contributed by atoms with Gasteiger partial charge in [0.1, 0.15) is 36.1 Å². The molecule has 258 valence electrons. The number of aliphatic hydroxyl groups excluding tert-OH is 4. The van der Waals surface area contributed by atoms with Crippen molar-refractivity contribution in [2.24, 2.45) is 17.2 Å². The molecule has 0 radical (unpaired) electrons. The van der Waals surface area contributed by atoms with Crippen molar-refractivity contribution >= 4 is 5.91 Å². The maximum Gasteiger partial charge on any atom is 0.251 e. The number of nitrogens with one attached hydrogen (secondary N) is 3. The van der Waals surface area contributed by atoms with Crippen molar-refractivity contribution in [2.75, 3.05) is 33.3 Å². The second kappa shape index (κ2) is 15.6. The van der Waals surface area contributed by atoms with Crippen LogP contribution in [-0.4, -0.2) is 161 Å². The molecule has 0 aromatic rings. The summed E-state index contributed by atoms with van der Waals surface area (Å²) in [4.78, 5) is 12.8. The number of hydrogen-bond donors (Lipinski definition) is 12. The van der Waals surface area contributed by atoms with Gasteiger partial charge in [0.25, 0.3) is 5.91 Å². The fourth-order valence-corrected chi connectivity index (χ4v) is 5.88. The van der Waals surface area contributed by atoms with Crippen LogP contribution in [0.15, 0.2) is 0 Å². The molecule has 3 aliphatic rings. The average molecular weight is 639 g/mol. The van der Waals surface area contributed by atoms with Gasteiger partial charge in [-0.15, -0.1) is 0 Å². The molecule has 2 aliphatic heterocycles. The number of carbonyl (C=O) groups excluding carboxylic acids is 1. The normalized spacial score (nSPS) is 41.6. The third-order valence-electron chi connectivity index (χ3n) is 8.37. The predicted molar refractivity (Wildman–Crippen MR) is 156 cm³/mol. The monoisotopic (exact) mass is 638 g/mol. The molecular formula is C27H54N6O11. The summed E-state index contributed by atoms with van der Waals surface area (Å²) < 4.78 is 23.9. The number of hydrogen-bond acceptors (Lipinski definition) is 16. The van der Waals surface area contributed by atoms with Crippen molar-refractivity contribution in [2.45, 2.75) is 131 Å². The van der Waals surface area contributed by atoms with Crippen molar-refractivity contribution in [1.82, 2.24) is 16.0 Å². The van der Waals surface area contributed by atoms with E-state index in [0.29, 0.717) is 25.9 Å². The largest absolute Gasteiger partial charge is 0.389 e. The second-order valence-corrected chi connectivity index (χ2v) is 13.1. The first-order chi connectivity index (χ1) is 20.5. The molecule has 3 rings (SSSR count). The van der Waals surface area contributed by atoms with Crippen LogP contribution in [0.1, 0.15) is 40.0 Å². The van der Waals surface area contributed by atoms with Crippen molar-refractivity contribution < 1.29 is 54.4 Å². The summed E-state index contributed by atoms with van der Waals surface area (Å²) in [6, 6.07) is -3.30. The molecule has 0 aromatic heterocycles. The van der Waals surface area contributed by atoms with Gasteiger partial charge >= 0.3 is 0 Å². The van der Waals surface area contributed by atoms with Crippen LogP contribution in [0.25, 0.3) is 0 Å². The molecule has 0 spiro atoms. The smallest absolute Gasteiger partial charge is 0.251 e. The summed E-state index contributed by atoms with van der Waals surface area (Å²) in [5.41, 5.74) is 15.8. The van der Waals surface area contributed by atoms with Crippen LogP contribution in [0.5, 0.6) is 0 Å². The Balaban J connectivity index is 1.78. The molecule has 0 bridgehead atoms. The molecule has 15 N–H and O–H groups in total. The summed E-state index contributed by atoms with van der Waals surface area (Å²) >= 11 is 0. The lowest BCUT2D eigenvalue weighted by Gasteiger charge is -2.49. The van der Waals surface area contributed by atoms with Crippen LogP contribution in [0.2, 0.25) is 0 Å². The molecule has 0 aromatic carbocycles. The van der Waals surface area contributed by atoms with Crippen LogP contribution in [0, 0.1) is 0 Å². The average Bonchev–Trinajstić information content (AvgIpc) is 2.94. The molecule has 1 saturated carbocycles. The Hall–Kier alpha value is -1.13. The van der Waals surface area contributed by atoms with E-state index in [2.05, 4.69) is 16.0 Å². The van der Waals surface area contributed by atoms with E-state index < -0.39 is 90.5 Å². The molecule has 17 heteroatoms. The van der Waals surface area contributed by atoms with Crippen LogP contribution in [0.3, 0.4) is 0 Å². The standard InChI is InChI=1S/C27H54N6O11/c1-26(2,39)10-32-9-12-5-6-13(29)24(42-12)43-20-14(30)7-15(33-23(38)17(35)16(34)8-28)21(18(20)36)44-25-19(37)22(31-4)27(3,40)11-41-25/h12-22,24-25,31-32,34-37,39-40H,5-11,28-30H2,1-4H3,(H,33,38)/t12-,13+,14-,15+,16-,17-,18-,19+,20+,21-,22+,24+,25+,27-/m0/s1. The van der Waals surface area contributed by atoms with Crippen LogP contribution in [-0.2, 0) is 23.7 Å². The van der Waals surface area contributed by atoms with Crippen LogP contribution < -0.4 is 33.2 Å². The third kappa shape index (κ3) is 9.46. The van der Waals surface area contributed by atoms with Crippen molar-refractivity contribution in [3.8, 4) is 0 Å². The van der Waals surface area contributed by atoms with Gasteiger partial charge in [-0.05, 0) is 47.1 Å². The Morgan fingerprint density at radius 3 is 2.36 bits per heavy atom. The van der Waals surface area contributed by atoms with E-state index in [0.717, 1.165) is 0 Å². The number of likely N-dealkylation sites (N-methyl/N-ethyl adjacent to an activating group) is 1. The minimum atomic E-state index is -1.86. The number of carbonyl (C=O) groups is 1. The summed E-state index contributed by atoms with van der Waals surface area (Å²) in [5, 5.41) is 71.8. The zero-order valence-corrected chi connectivity index (χ0v) is 25.9. The zero-order valence-electron chi connectivity index (χ0n) is 25.9. The van der Waals surface area contributed by atoms with E-state index in [1.165, 1.54) is 6.92 Å². The molecule has 17 nitrogen and oxygen atoms in total. The molecule has 3 fully saturated rings. The summed E-state index contributed by atoms with van der Waals surface area (Å²) in [6.07, 6.45) is -10.1. The molecule has 2 saturated heterocycles. The highest BCUT2D eigenvalue weighted by Gasteiger charge is 2.52. The van der Waals surface area contributed by atoms with Gasteiger partial charge in [-0.2, -0.15) is 0 Å². The molecule has 1 aliphatic carbocycles. The van der Waals surface area contributed by atoms with Gasteiger partial charge in [-0.25, -0.2) is 0 Å². The van der Waals surface area contributed by atoms with Gasteiger partial charge in [0.05, 0.1) is 36.4 Å². The van der Waals surface area contributed by atoms with Gasteiger partial charge in [0.15, 0.2) is 18.7 Å². The summed E-state index contributed by atoms with van der Waals surface area (Å²) in [7, 11) is 1.55. The highest BCUT2D eigenvalue weighted by atomic mass is 16.7. The van der Waals surface area contributed by atoms with E-state index in [-0.39, 0.29) is 25.7 Å². The van der Waals surface area contributed by atoms with Crippen molar-refractivity contribution in [3.05, 3.63) is 0 Å². The molecule has 14 atom stereocenters. The highest BCUT2D eigenvalue weighted by Crippen LogP contribution is 2.32. The number of aliphatic hydroxyl groups is 6. The lowest BCUT2D eigenvalue weighted by Crippen LogP contribution is -2.69. The Bertz CT molecular complexity index is 914. The Morgan fingerprint density at radius 2 is 1.75 bits per heavy atom. The SMILES string of the molecule is CN[C@@H]1[C@@H](O)[C@@H](O[C@@H]2[C@@H](O)[C@H](O[C@H]3O[C@H](CNCC(C)(C)O)CC[C@H]3N)[C@@H](N)C[C@H]2NC(=O)[C@@H](O)[C@@H](O)CN)OC[C@]1(C)O. The van der Waals surface area contributed by atoms with Gasteiger partial charge in [0.2, 0.25) is 0 Å². The maximum atomic E-state index is 12.8. The Kier molecular flexibility index (Phi) is 13.3. The van der Waals surface area contributed by atoms with E-state index in [1.54, 1.807) is 20.9 Å². The minimum absolute atomic E-state index is 0.0158. The Labute approximate surface area is 257 Å². The highest BCUT2D eigenvalue weighted by molar-refractivity contribution is 5.81. The van der Waals surface area contributed by atoms with Crippen molar-refractivity contribution in [1.29, 1.82) is 0 Å². The van der Waals surface area contributed by atoms with Crippen molar-refractivity contribution in [3.63, 3.8) is 0 Å². The minimum Gasteiger partial charge on any atom is -0.389 e. The maximum absolute atomic E-state index is 12.8. The van der Waals surface area contributed by atoms with E-state index >= 15 is 0 Å². The first-order valence-corrected chi connectivity index (χ1v) is 15.1. The van der Waals surface area contributed by atoms with Crippen LogP contribution in [0.4, 0.5) is 0 Å². The lowest BCUT2D eigenvalue weighted by atomic mass is 9.83. The summed E-state index contributed by atoms with van der Waals surface area (Å²) in [6.45, 7) is 5.04. The number of amides is 1. The quantitative estimate of drug-likeness (QED) is 0.0894. The van der Waals surface area contributed by atoms with Gasteiger partial charge in [-0.3, -0.25) is 4.79 Å². The number of rotatable bonds is 13. The first-order valence-electron chi connectivity index (χ1n) is 15.1. The molecule has 2 heterocycles. The predicted octanol–water partition coefficient (Wildman–Crippen LogP) is -5.74. The first kappa shape index (κ1) is 37.3. The molecule has 1 amide bonds. The van der Waals surface area contributed by atoms with E-state index in [9.17, 15) is 35.4 Å². The second-order valence-electron chi connectivity index (χ2n) is 13.1. The van der Waals surface area contributed by atoms with E-state index in [1.807, 2.05) is 0 Å². The Morgan fingerprint density at radius 1 is 1.09 bits per heavy atom. The lowest BCUT2D eigenvalue weighted by molar-refractivity contribution is -0.307.